The summed E-state index contributed by atoms with van der Waals surface area (Å²) in [5.41, 5.74) is 0.834. The van der Waals surface area contributed by atoms with Gasteiger partial charge in [0.2, 0.25) is 6.43 Å². The van der Waals surface area contributed by atoms with Crippen LogP contribution in [0.2, 0.25) is 10.1 Å². The maximum atomic E-state index is 14.1. The van der Waals surface area contributed by atoms with Gasteiger partial charge >= 0.3 is 0 Å². The summed E-state index contributed by atoms with van der Waals surface area (Å²) >= 11 is 5.95. The highest BCUT2D eigenvalue weighted by atomic mass is 35.5. The van der Waals surface area contributed by atoms with E-state index in [1.807, 2.05) is 36.4 Å². The van der Waals surface area contributed by atoms with Crippen molar-refractivity contribution in [2.75, 3.05) is 6.61 Å². The molecule has 0 spiro atoms. The lowest BCUT2D eigenvalue weighted by Gasteiger charge is -2.43. The average molecular weight is 459 g/mol. The summed E-state index contributed by atoms with van der Waals surface area (Å²) in [7, 11) is -2.84. The van der Waals surface area contributed by atoms with Gasteiger partial charge in [0.25, 0.3) is 8.32 Å². The summed E-state index contributed by atoms with van der Waals surface area (Å²) in [5.74, 6) is -0.900. The first-order valence-corrected chi connectivity index (χ1v) is 12.8. The first-order valence-electron chi connectivity index (χ1n) is 10.5. The smallest absolute Gasteiger partial charge is 0.261 e. The zero-order chi connectivity index (χ0) is 22.5. The molecule has 0 amide bonds. The molecule has 1 nitrogen and oxygen atoms in total. The summed E-state index contributed by atoms with van der Waals surface area (Å²) in [6.07, 6.45) is -2.23. The van der Waals surface area contributed by atoms with E-state index in [1.165, 1.54) is 0 Å². The molecule has 0 saturated carbocycles. The quantitative estimate of drug-likeness (QED) is 0.358. The molecule has 0 aliphatic heterocycles. The summed E-state index contributed by atoms with van der Waals surface area (Å²) in [5, 5.41) is 2.53. The predicted molar refractivity (Wildman–Crippen MR) is 128 cm³/mol. The zero-order valence-electron chi connectivity index (χ0n) is 18.2. The Hall–Kier alpha value is -2.01. The van der Waals surface area contributed by atoms with Crippen molar-refractivity contribution in [1.29, 1.82) is 0 Å². The van der Waals surface area contributed by atoms with Gasteiger partial charge in [-0.2, -0.15) is 0 Å². The first-order chi connectivity index (χ1) is 14.7. The van der Waals surface area contributed by atoms with Crippen LogP contribution >= 0.6 is 11.6 Å². The van der Waals surface area contributed by atoms with E-state index in [1.54, 1.807) is 24.3 Å². The van der Waals surface area contributed by atoms with Gasteiger partial charge in [-0.1, -0.05) is 105 Å². The molecule has 5 heteroatoms. The minimum atomic E-state index is -2.84. The van der Waals surface area contributed by atoms with Crippen LogP contribution in [0.1, 0.15) is 26.3 Å². The minimum absolute atomic E-state index is 0.00638. The van der Waals surface area contributed by atoms with Gasteiger partial charge < -0.3 is 4.43 Å². The van der Waals surface area contributed by atoms with Crippen LogP contribution in [0.3, 0.4) is 0 Å². The van der Waals surface area contributed by atoms with Crippen molar-refractivity contribution in [1.82, 2.24) is 0 Å². The largest absolute Gasteiger partial charge is 0.407 e. The van der Waals surface area contributed by atoms with E-state index in [4.69, 9.17) is 16.0 Å². The van der Waals surface area contributed by atoms with Crippen molar-refractivity contribution in [3.05, 3.63) is 95.5 Å². The molecular formula is C26H29ClF2OSi. The summed E-state index contributed by atoms with van der Waals surface area (Å²) < 4.78 is 34.8. The Labute approximate surface area is 190 Å². The Morgan fingerprint density at radius 1 is 0.806 bits per heavy atom. The molecule has 0 fully saturated rings. The number of hydrogen-bond donors (Lipinski definition) is 0. The van der Waals surface area contributed by atoms with Crippen LogP contribution < -0.4 is 10.4 Å². The Kier molecular flexibility index (Phi) is 7.68. The van der Waals surface area contributed by atoms with E-state index in [2.05, 4.69) is 45.0 Å². The molecule has 1 atom stereocenters. The van der Waals surface area contributed by atoms with Crippen molar-refractivity contribution >= 4 is 30.3 Å². The van der Waals surface area contributed by atoms with Crippen LogP contribution in [-0.4, -0.2) is 21.3 Å². The van der Waals surface area contributed by atoms with Crippen LogP contribution in [0.25, 0.3) is 0 Å². The molecule has 0 N–H and O–H groups in total. The number of halogens is 3. The second kappa shape index (κ2) is 10.1. The topological polar surface area (TPSA) is 9.23 Å². The van der Waals surface area contributed by atoms with Crippen molar-refractivity contribution in [3.63, 3.8) is 0 Å². The average Bonchev–Trinajstić information content (AvgIpc) is 2.75. The molecule has 3 aromatic carbocycles. The van der Waals surface area contributed by atoms with E-state index in [-0.39, 0.29) is 18.1 Å². The monoisotopic (exact) mass is 458 g/mol. The molecular weight excluding hydrogens is 430 g/mol. The lowest BCUT2D eigenvalue weighted by Crippen LogP contribution is -2.67. The van der Waals surface area contributed by atoms with Crippen LogP contribution in [0.5, 0.6) is 0 Å². The fraction of sp³-hybridized carbons (Fsp3) is 0.308. The molecule has 0 bridgehead atoms. The highest BCUT2D eigenvalue weighted by Crippen LogP contribution is 2.37. The van der Waals surface area contributed by atoms with Gasteiger partial charge in [0, 0.05) is 17.5 Å². The number of hydrogen-bond acceptors (Lipinski definition) is 1. The number of benzene rings is 3. The van der Waals surface area contributed by atoms with Gasteiger partial charge in [0.05, 0.1) is 0 Å². The third-order valence-electron chi connectivity index (χ3n) is 5.70. The molecule has 0 aliphatic rings. The van der Waals surface area contributed by atoms with Gasteiger partial charge in [-0.15, -0.1) is 0 Å². The Balaban J connectivity index is 1.98. The van der Waals surface area contributed by atoms with Gasteiger partial charge in [-0.25, -0.2) is 8.78 Å². The SMILES string of the molecule is CC(C)(C)[Si](OCC(Cc1ccc(Cl)cc1)C(F)F)(c1ccccc1)c1ccccc1. The molecule has 164 valence electrons. The Morgan fingerprint density at radius 3 is 1.71 bits per heavy atom. The van der Waals surface area contributed by atoms with Crippen LogP contribution in [0.15, 0.2) is 84.9 Å². The third kappa shape index (κ3) is 5.43. The summed E-state index contributed by atoms with van der Waals surface area (Å²) in [6.45, 7) is 6.44. The first kappa shape index (κ1) is 23.6. The predicted octanol–water partition coefficient (Wildman–Crippen LogP) is 6.34. The number of alkyl halides is 2. The maximum absolute atomic E-state index is 14.1. The molecule has 3 rings (SSSR count). The van der Waals surface area contributed by atoms with Crippen LogP contribution in [-0.2, 0) is 10.8 Å². The van der Waals surface area contributed by atoms with Crippen molar-refractivity contribution in [3.8, 4) is 0 Å². The van der Waals surface area contributed by atoms with E-state index < -0.39 is 20.7 Å². The summed E-state index contributed by atoms with van der Waals surface area (Å²) in [6, 6.07) is 27.3. The molecule has 0 heterocycles. The van der Waals surface area contributed by atoms with E-state index in [9.17, 15) is 8.78 Å². The maximum Gasteiger partial charge on any atom is 0.261 e. The molecule has 0 aliphatic carbocycles. The summed E-state index contributed by atoms with van der Waals surface area (Å²) in [4.78, 5) is 0. The Morgan fingerprint density at radius 2 is 1.29 bits per heavy atom. The van der Waals surface area contributed by atoms with E-state index >= 15 is 0 Å². The van der Waals surface area contributed by atoms with Gasteiger partial charge in [-0.3, -0.25) is 0 Å². The van der Waals surface area contributed by atoms with Crippen molar-refractivity contribution < 1.29 is 13.2 Å². The van der Waals surface area contributed by atoms with Crippen LogP contribution in [0.4, 0.5) is 8.78 Å². The molecule has 0 radical (unpaired) electrons. The number of rotatable bonds is 8. The van der Waals surface area contributed by atoms with Gasteiger partial charge in [0.15, 0.2) is 0 Å². The van der Waals surface area contributed by atoms with E-state index in [0.29, 0.717) is 5.02 Å². The zero-order valence-corrected chi connectivity index (χ0v) is 19.9. The van der Waals surface area contributed by atoms with Crippen molar-refractivity contribution in [2.45, 2.75) is 38.7 Å². The molecule has 0 saturated heterocycles. The lowest BCUT2D eigenvalue weighted by molar-refractivity contribution is 0.0458. The van der Waals surface area contributed by atoms with Crippen LogP contribution in [0, 0.1) is 5.92 Å². The second-order valence-electron chi connectivity index (χ2n) is 8.90. The standard InChI is InChI=1S/C26H29ClF2OSi/c1-26(2,3)31(23-10-6-4-7-11-23,24-12-8-5-9-13-24)30-19-21(25(28)29)18-20-14-16-22(27)17-15-20/h4-17,21,25H,18-19H2,1-3H3. The molecule has 31 heavy (non-hydrogen) atoms. The van der Waals surface area contributed by atoms with Gasteiger partial charge in [0.1, 0.15) is 0 Å². The second-order valence-corrected chi connectivity index (χ2v) is 13.6. The lowest BCUT2D eigenvalue weighted by atomic mass is 10.0. The fourth-order valence-electron chi connectivity index (χ4n) is 4.14. The van der Waals surface area contributed by atoms with Gasteiger partial charge in [-0.05, 0) is 39.5 Å². The molecule has 3 aromatic rings. The highest BCUT2D eigenvalue weighted by Gasteiger charge is 2.50. The molecule has 0 aromatic heterocycles. The molecule has 1 unspecified atom stereocenters. The third-order valence-corrected chi connectivity index (χ3v) is 11.0. The van der Waals surface area contributed by atoms with Crippen molar-refractivity contribution in [2.24, 2.45) is 5.92 Å². The Bertz CT molecular complexity index is 901. The minimum Gasteiger partial charge on any atom is -0.407 e. The van der Waals surface area contributed by atoms with E-state index in [0.717, 1.165) is 15.9 Å². The highest BCUT2D eigenvalue weighted by molar-refractivity contribution is 6.99. The fourth-order valence-corrected chi connectivity index (χ4v) is 8.88. The normalized spacial score (nSPS) is 13.4.